The maximum Gasteiger partial charge on any atom is 0.234 e. The standard InChI is InChI=1S/C9H15N5OS/c1-9(2,10-3)7-13-14-6(5-15-4)11-12-8(14)16-7/h10H,5H2,1-4H3. The van der Waals surface area contributed by atoms with Crippen LogP contribution < -0.4 is 5.32 Å². The molecule has 0 fully saturated rings. The van der Waals surface area contributed by atoms with Gasteiger partial charge in [-0.2, -0.15) is 9.61 Å². The van der Waals surface area contributed by atoms with Gasteiger partial charge in [-0.05, 0) is 20.9 Å². The van der Waals surface area contributed by atoms with Crippen LogP contribution in [-0.4, -0.2) is 34.0 Å². The van der Waals surface area contributed by atoms with Gasteiger partial charge in [0.2, 0.25) is 4.96 Å². The molecule has 7 heteroatoms. The van der Waals surface area contributed by atoms with Crippen molar-refractivity contribution >= 4 is 16.3 Å². The van der Waals surface area contributed by atoms with Gasteiger partial charge in [0.05, 0.1) is 5.54 Å². The molecule has 6 nitrogen and oxygen atoms in total. The Morgan fingerprint density at radius 3 is 2.81 bits per heavy atom. The number of hydrogen-bond donors (Lipinski definition) is 1. The molecule has 0 saturated heterocycles. The fourth-order valence-electron chi connectivity index (χ4n) is 1.24. The summed E-state index contributed by atoms with van der Waals surface area (Å²) in [6.07, 6.45) is 0. The largest absolute Gasteiger partial charge is 0.377 e. The van der Waals surface area contributed by atoms with E-state index in [1.807, 2.05) is 7.05 Å². The second-order valence-corrected chi connectivity index (χ2v) is 4.98. The normalized spacial score (nSPS) is 12.5. The van der Waals surface area contributed by atoms with E-state index in [0.29, 0.717) is 6.61 Å². The lowest BCUT2D eigenvalue weighted by molar-refractivity contribution is 0.176. The van der Waals surface area contributed by atoms with Crippen LogP contribution in [0.3, 0.4) is 0 Å². The quantitative estimate of drug-likeness (QED) is 0.857. The minimum Gasteiger partial charge on any atom is -0.377 e. The highest BCUT2D eigenvalue weighted by Crippen LogP contribution is 2.24. The first-order valence-electron chi connectivity index (χ1n) is 4.98. The summed E-state index contributed by atoms with van der Waals surface area (Å²) in [5.74, 6) is 0.729. The van der Waals surface area contributed by atoms with Crippen molar-refractivity contribution in [1.82, 2.24) is 25.1 Å². The highest BCUT2D eigenvalue weighted by atomic mass is 32.1. The van der Waals surface area contributed by atoms with Crippen molar-refractivity contribution in [2.45, 2.75) is 26.0 Å². The fraction of sp³-hybridized carbons (Fsp3) is 0.667. The van der Waals surface area contributed by atoms with Gasteiger partial charge in [0.1, 0.15) is 11.6 Å². The summed E-state index contributed by atoms with van der Waals surface area (Å²) in [5, 5.41) is 16.8. The van der Waals surface area contributed by atoms with Crippen molar-refractivity contribution in [3.63, 3.8) is 0 Å². The Labute approximate surface area is 97.6 Å². The van der Waals surface area contributed by atoms with Gasteiger partial charge in [-0.25, -0.2) is 0 Å². The molecule has 2 aromatic rings. The van der Waals surface area contributed by atoms with Crippen LogP contribution in [0.2, 0.25) is 0 Å². The number of nitrogens with one attached hydrogen (secondary N) is 1. The second kappa shape index (κ2) is 4.08. The maximum absolute atomic E-state index is 5.04. The van der Waals surface area contributed by atoms with E-state index in [-0.39, 0.29) is 5.54 Å². The van der Waals surface area contributed by atoms with Gasteiger partial charge in [0.25, 0.3) is 0 Å². The van der Waals surface area contributed by atoms with Crippen LogP contribution in [0.4, 0.5) is 0 Å². The van der Waals surface area contributed by atoms with Crippen molar-refractivity contribution < 1.29 is 4.74 Å². The summed E-state index contributed by atoms with van der Waals surface area (Å²) in [4.78, 5) is 0.797. The van der Waals surface area contributed by atoms with Crippen molar-refractivity contribution in [3.8, 4) is 0 Å². The molecule has 0 bridgehead atoms. The molecule has 0 spiro atoms. The van der Waals surface area contributed by atoms with E-state index in [1.54, 1.807) is 11.6 Å². The van der Waals surface area contributed by atoms with Crippen LogP contribution in [0.5, 0.6) is 0 Å². The topological polar surface area (TPSA) is 64.3 Å². The highest BCUT2D eigenvalue weighted by Gasteiger charge is 2.24. The molecule has 0 amide bonds. The zero-order valence-corrected chi connectivity index (χ0v) is 10.6. The Morgan fingerprint density at radius 2 is 2.19 bits per heavy atom. The lowest BCUT2D eigenvalue weighted by Gasteiger charge is -2.19. The summed E-state index contributed by atoms with van der Waals surface area (Å²) in [7, 11) is 3.55. The summed E-state index contributed by atoms with van der Waals surface area (Å²) >= 11 is 1.54. The summed E-state index contributed by atoms with van der Waals surface area (Å²) in [5.41, 5.74) is -0.157. The Balaban J connectivity index is 2.44. The predicted octanol–water partition coefficient (Wildman–Crippen LogP) is 0.787. The molecule has 0 aromatic carbocycles. The molecule has 0 aliphatic rings. The third-order valence-corrected chi connectivity index (χ3v) is 3.71. The highest BCUT2D eigenvalue weighted by molar-refractivity contribution is 7.16. The predicted molar refractivity (Wildman–Crippen MR) is 61.5 cm³/mol. The second-order valence-electron chi connectivity index (χ2n) is 4.03. The van der Waals surface area contributed by atoms with E-state index in [9.17, 15) is 0 Å². The lowest BCUT2D eigenvalue weighted by Crippen LogP contribution is -2.33. The van der Waals surface area contributed by atoms with Gasteiger partial charge in [0.15, 0.2) is 5.82 Å². The molecule has 0 aliphatic heterocycles. The van der Waals surface area contributed by atoms with Gasteiger partial charge in [-0.15, -0.1) is 10.2 Å². The van der Waals surface area contributed by atoms with Crippen LogP contribution in [0.1, 0.15) is 24.7 Å². The van der Waals surface area contributed by atoms with E-state index < -0.39 is 0 Å². The number of methoxy groups -OCH3 is 1. The fourth-order valence-corrected chi connectivity index (χ4v) is 2.20. The van der Waals surface area contributed by atoms with Gasteiger partial charge in [-0.1, -0.05) is 11.3 Å². The van der Waals surface area contributed by atoms with Gasteiger partial charge >= 0.3 is 0 Å². The van der Waals surface area contributed by atoms with Gasteiger partial charge in [-0.3, -0.25) is 0 Å². The number of rotatable bonds is 4. The number of ether oxygens (including phenoxy) is 1. The molecule has 0 saturated carbocycles. The first-order valence-corrected chi connectivity index (χ1v) is 5.79. The van der Waals surface area contributed by atoms with Crippen LogP contribution in [-0.2, 0) is 16.9 Å². The molecule has 0 unspecified atom stereocenters. The zero-order chi connectivity index (χ0) is 11.8. The molecule has 88 valence electrons. The van der Waals surface area contributed by atoms with Gasteiger partial charge in [0, 0.05) is 7.11 Å². The smallest absolute Gasteiger partial charge is 0.234 e. The number of hydrogen-bond acceptors (Lipinski definition) is 6. The van der Waals surface area contributed by atoms with Gasteiger partial charge < -0.3 is 10.1 Å². The van der Waals surface area contributed by atoms with E-state index >= 15 is 0 Å². The summed E-state index contributed by atoms with van der Waals surface area (Å²) < 4.78 is 6.78. The minimum absolute atomic E-state index is 0.157. The Morgan fingerprint density at radius 1 is 1.44 bits per heavy atom. The average molecular weight is 241 g/mol. The first-order chi connectivity index (χ1) is 7.58. The molecular formula is C9H15N5OS. The SMILES string of the molecule is CNC(C)(C)c1nn2c(COC)nnc2s1. The zero-order valence-electron chi connectivity index (χ0n) is 9.81. The Bertz CT molecular complexity index is 489. The minimum atomic E-state index is -0.157. The summed E-state index contributed by atoms with van der Waals surface area (Å²) in [6, 6.07) is 0. The van der Waals surface area contributed by atoms with E-state index in [0.717, 1.165) is 15.8 Å². The first kappa shape index (κ1) is 11.4. The average Bonchev–Trinajstić information content (AvgIpc) is 2.81. The number of nitrogens with zero attached hydrogens (tertiary/aromatic N) is 4. The molecule has 0 atom stereocenters. The van der Waals surface area contributed by atoms with E-state index in [1.165, 1.54) is 11.3 Å². The molecule has 2 aromatic heterocycles. The Kier molecular flexibility index (Phi) is 2.92. The van der Waals surface area contributed by atoms with Crippen molar-refractivity contribution in [3.05, 3.63) is 10.8 Å². The molecule has 0 radical (unpaired) electrons. The van der Waals surface area contributed by atoms with Crippen LogP contribution in [0.15, 0.2) is 0 Å². The molecule has 16 heavy (non-hydrogen) atoms. The Hall–Kier alpha value is -1.05. The summed E-state index contributed by atoms with van der Waals surface area (Å²) in [6.45, 7) is 4.58. The maximum atomic E-state index is 5.04. The van der Waals surface area contributed by atoms with Crippen LogP contribution >= 0.6 is 11.3 Å². The molecule has 2 heterocycles. The number of aromatic nitrogens is 4. The van der Waals surface area contributed by atoms with E-state index in [4.69, 9.17) is 4.74 Å². The molecule has 1 N–H and O–H groups in total. The number of fused-ring (bicyclic) bond motifs is 1. The van der Waals surface area contributed by atoms with Crippen molar-refractivity contribution in [2.24, 2.45) is 0 Å². The monoisotopic (exact) mass is 241 g/mol. The van der Waals surface area contributed by atoms with Crippen molar-refractivity contribution in [1.29, 1.82) is 0 Å². The lowest BCUT2D eigenvalue weighted by atomic mass is 10.1. The van der Waals surface area contributed by atoms with Crippen LogP contribution in [0, 0.1) is 0 Å². The molecule has 2 rings (SSSR count). The van der Waals surface area contributed by atoms with E-state index in [2.05, 4.69) is 34.5 Å². The molecular weight excluding hydrogens is 226 g/mol. The third kappa shape index (κ3) is 1.81. The van der Waals surface area contributed by atoms with Crippen molar-refractivity contribution in [2.75, 3.05) is 14.2 Å². The van der Waals surface area contributed by atoms with Crippen LogP contribution in [0.25, 0.3) is 4.96 Å². The third-order valence-electron chi connectivity index (χ3n) is 2.49. The molecule has 0 aliphatic carbocycles.